The van der Waals surface area contributed by atoms with Crippen molar-refractivity contribution in [1.82, 2.24) is 10.3 Å². The molecule has 0 aliphatic heterocycles. The molecule has 0 radical (unpaired) electrons. The minimum atomic E-state index is -0.343. The van der Waals surface area contributed by atoms with Crippen molar-refractivity contribution in [2.24, 2.45) is 16.6 Å². The minimum absolute atomic E-state index is 0.0107. The molecule has 1 aliphatic rings. The zero-order chi connectivity index (χ0) is 15.3. The lowest BCUT2D eigenvalue weighted by Gasteiger charge is -2.62. The van der Waals surface area contributed by atoms with Gasteiger partial charge in [-0.05, 0) is 6.92 Å². The van der Waals surface area contributed by atoms with Gasteiger partial charge in [0, 0.05) is 40.9 Å². The lowest BCUT2D eigenvalue weighted by Crippen LogP contribution is -2.76. The van der Waals surface area contributed by atoms with Gasteiger partial charge in [-0.15, -0.1) is 0 Å². The third kappa shape index (κ3) is 2.06. The lowest BCUT2D eigenvalue weighted by atomic mass is 9.48. The second kappa shape index (κ2) is 4.45. The molecule has 4 N–H and O–H groups in total. The van der Waals surface area contributed by atoms with Crippen LogP contribution in [0.4, 0.5) is 0 Å². The van der Waals surface area contributed by atoms with E-state index in [0.29, 0.717) is 0 Å². The fourth-order valence-corrected chi connectivity index (χ4v) is 3.51. The summed E-state index contributed by atoms with van der Waals surface area (Å²) in [6.45, 7) is 9.92. The van der Waals surface area contributed by atoms with Gasteiger partial charge < -0.3 is 16.0 Å². The third-order valence-electron chi connectivity index (χ3n) is 4.67. The van der Waals surface area contributed by atoms with Crippen molar-refractivity contribution in [3.63, 3.8) is 0 Å². The van der Waals surface area contributed by atoms with Gasteiger partial charge in [-0.25, -0.2) is 0 Å². The Hall–Kier alpha value is -1.62. The fraction of sp³-hybridized carbons (Fsp3) is 0.600. The van der Waals surface area contributed by atoms with E-state index in [0.717, 1.165) is 5.69 Å². The number of aryl methyl sites for hydroxylation is 1. The first-order valence-corrected chi connectivity index (χ1v) is 6.84. The van der Waals surface area contributed by atoms with Crippen LogP contribution in [0.25, 0.3) is 0 Å². The SMILES string of the molecule is Cc1cc(=O)c(C(=O)NC2C(C)(C)C(N)C2(C)C)c[nH]1. The number of carbonyl (C=O) groups is 1. The Morgan fingerprint density at radius 1 is 1.30 bits per heavy atom. The highest BCUT2D eigenvalue weighted by Crippen LogP contribution is 2.52. The number of nitrogens with two attached hydrogens (primary N) is 1. The standard InChI is InChI=1S/C15H23N3O2/c1-8-6-10(19)9(7-17-8)11(20)18-13-14(2,3)12(16)15(13,4)5/h6-7,12-13H,16H2,1-5H3,(H,17,19)(H,18,20). The summed E-state index contributed by atoms with van der Waals surface area (Å²) >= 11 is 0. The smallest absolute Gasteiger partial charge is 0.256 e. The second-order valence-corrected chi connectivity index (χ2v) is 6.92. The molecule has 0 aromatic carbocycles. The van der Waals surface area contributed by atoms with Gasteiger partial charge in [-0.1, -0.05) is 27.7 Å². The van der Waals surface area contributed by atoms with Crippen molar-refractivity contribution in [3.05, 3.63) is 33.7 Å². The van der Waals surface area contributed by atoms with E-state index >= 15 is 0 Å². The Labute approximate surface area is 119 Å². The van der Waals surface area contributed by atoms with Gasteiger partial charge in [0.2, 0.25) is 0 Å². The lowest BCUT2D eigenvalue weighted by molar-refractivity contribution is -0.0663. The number of nitrogens with one attached hydrogen (secondary N) is 2. The number of aromatic amines is 1. The molecule has 1 aromatic rings. The van der Waals surface area contributed by atoms with Crippen LogP contribution in [0, 0.1) is 17.8 Å². The van der Waals surface area contributed by atoms with E-state index in [1.165, 1.54) is 12.3 Å². The van der Waals surface area contributed by atoms with Crippen LogP contribution < -0.4 is 16.5 Å². The Bertz CT molecular complexity index is 585. The Morgan fingerprint density at radius 2 is 1.85 bits per heavy atom. The normalized spacial score (nSPS) is 26.7. The summed E-state index contributed by atoms with van der Waals surface area (Å²) in [6.07, 6.45) is 1.46. The molecule has 1 heterocycles. The number of rotatable bonds is 2. The maximum absolute atomic E-state index is 12.3. The summed E-state index contributed by atoms with van der Waals surface area (Å²) in [4.78, 5) is 27.0. The molecule has 1 saturated carbocycles. The van der Waals surface area contributed by atoms with Crippen LogP contribution in [0.1, 0.15) is 43.7 Å². The predicted molar refractivity (Wildman–Crippen MR) is 78.6 cm³/mol. The number of H-pyrrole nitrogens is 1. The fourth-order valence-electron chi connectivity index (χ4n) is 3.51. The topological polar surface area (TPSA) is 88.0 Å². The molecular formula is C15H23N3O2. The van der Waals surface area contributed by atoms with Gasteiger partial charge in [0.25, 0.3) is 5.91 Å². The maximum Gasteiger partial charge on any atom is 0.256 e. The molecule has 5 nitrogen and oxygen atoms in total. The van der Waals surface area contributed by atoms with Crippen molar-refractivity contribution < 1.29 is 4.79 Å². The molecule has 1 fully saturated rings. The molecule has 2 rings (SSSR count). The monoisotopic (exact) mass is 277 g/mol. The number of hydrogen-bond donors (Lipinski definition) is 3. The minimum Gasteiger partial charge on any atom is -0.364 e. The van der Waals surface area contributed by atoms with Crippen molar-refractivity contribution in [2.75, 3.05) is 0 Å². The molecule has 1 aliphatic carbocycles. The van der Waals surface area contributed by atoms with E-state index < -0.39 is 0 Å². The molecule has 0 saturated heterocycles. The number of amides is 1. The maximum atomic E-state index is 12.3. The zero-order valence-corrected chi connectivity index (χ0v) is 12.7. The van der Waals surface area contributed by atoms with Crippen LogP contribution in [0.2, 0.25) is 0 Å². The average Bonchev–Trinajstić information content (AvgIpc) is 2.34. The van der Waals surface area contributed by atoms with Crippen LogP contribution in [-0.4, -0.2) is 23.0 Å². The molecule has 0 atom stereocenters. The summed E-state index contributed by atoms with van der Waals surface area (Å²) in [7, 11) is 0. The quantitative estimate of drug-likeness (QED) is 0.758. The van der Waals surface area contributed by atoms with Gasteiger partial charge in [-0.3, -0.25) is 9.59 Å². The first-order valence-electron chi connectivity index (χ1n) is 6.84. The molecular weight excluding hydrogens is 254 g/mol. The van der Waals surface area contributed by atoms with Crippen LogP contribution >= 0.6 is 0 Å². The predicted octanol–water partition coefficient (Wildman–Crippen LogP) is 1.18. The van der Waals surface area contributed by atoms with Crippen LogP contribution in [-0.2, 0) is 0 Å². The highest BCUT2D eigenvalue weighted by atomic mass is 16.2. The zero-order valence-electron chi connectivity index (χ0n) is 12.7. The molecule has 0 bridgehead atoms. The summed E-state index contributed by atoms with van der Waals surface area (Å²) in [5, 5.41) is 2.96. The van der Waals surface area contributed by atoms with E-state index in [1.54, 1.807) is 6.92 Å². The Kier molecular flexibility index (Phi) is 3.29. The number of pyridine rings is 1. The van der Waals surface area contributed by atoms with Crippen LogP contribution in [0.3, 0.4) is 0 Å². The summed E-state index contributed by atoms with van der Waals surface area (Å²) in [5.74, 6) is -0.343. The van der Waals surface area contributed by atoms with E-state index in [-0.39, 0.29) is 39.8 Å². The summed E-state index contributed by atoms with van der Waals surface area (Å²) in [6, 6.07) is 1.38. The van der Waals surface area contributed by atoms with Crippen LogP contribution in [0.5, 0.6) is 0 Å². The van der Waals surface area contributed by atoms with E-state index in [9.17, 15) is 9.59 Å². The van der Waals surface area contributed by atoms with E-state index in [1.807, 2.05) is 27.7 Å². The molecule has 0 unspecified atom stereocenters. The number of hydrogen-bond acceptors (Lipinski definition) is 3. The average molecular weight is 277 g/mol. The molecule has 1 amide bonds. The molecule has 1 aromatic heterocycles. The largest absolute Gasteiger partial charge is 0.364 e. The van der Waals surface area contributed by atoms with Gasteiger partial charge in [0.05, 0.1) is 0 Å². The highest BCUT2D eigenvalue weighted by Gasteiger charge is 2.60. The van der Waals surface area contributed by atoms with Gasteiger partial charge in [-0.2, -0.15) is 0 Å². The molecule has 0 spiro atoms. The summed E-state index contributed by atoms with van der Waals surface area (Å²) in [5.41, 5.74) is 6.41. The van der Waals surface area contributed by atoms with Crippen molar-refractivity contribution >= 4 is 5.91 Å². The summed E-state index contributed by atoms with van der Waals surface area (Å²) < 4.78 is 0. The van der Waals surface area contributed by atoms with Gasteiger partial charge in [0.1, 0.15) is 5.56 Å². The molecule has 5 heteroatoms. The van der Waals surface area contributed by atoms with E-state index in [2.05, 4.69) is 10.3 Å². The number of aromatic nitrogens is 1. The third-order valence-corrected chi connectivity index (χ3v) is 4.67. The Morgan fingerprint density at radius 3 is 2.35 bits per heavy atom. The van der Waals surface area contributed by atoms with Gasteiger partial charge >= 0.3 is 0 Å². The highest BCUT2D eigenvalue weighted by molar-refractivity contribution is 5.94. The molecule has 20 heavy (non-hydrogen) atoms. The van der Waals surface area contributed by atoms with Crippen molar-refractivity contribution in [3.8, 4) is 0 Å². The second-order valence-electron chi connectivity index (χ2n) is 6.92. The van der Waals surface area contributed by atoms with Crippen LogP contribution in [0.15, 0.2) is 17.1 Å². The Balaban J connectivity index is 2.23. The first kappa shape index (κ1) is 14.8. The van der Waals surface area contributed by atoms with E-state index in [4.69, 9.17) is 5.73 Å². The van der Waals surface area contributed by atoms with Gasteiger partial charge in [0.15, 0.2) is 5.43 Å². The van der Waals surface area contributed by atoms with Crippen molar-refractivity contribution in [2.45, 2.75) is 46.7 Å². The van der Waals surface area contributed by atoms with Crippen molar-refractivity contribution in [1.29, 1.82) is 0 Å². The number of carbonyl (C=O) groups excluding carboxylic acids is 1. The molecule has 110 valence electrons. The first-order chi connectivity index (χ1) is 9.08.